The van der Waals surface area contributed by atoms with Gasteiger partial charge in [-0.3, -0.25) is 4.79 Å². The maximum Gasteiger partial charge on any atom is 0.241 e. The zero-order valence-corrected chi connectivity index (χ0v) is 19.1. The molecule has 1 N–H and O–H groups in total. The third-order valence-corrected chi connectivity index (χ3v) is 7.73. The monoisotopic (exact) mass is 471 g/mol. The van der Waals surface area contributed by atoms with Crippen LogP contribution in [0.25, 0.3) is 0 Å². The summed E-state index contributed by atoms with van der Waals surface area (Å²) in [6.45, 7) is 7.89. The summed E-state index contributed by atoms with van der Waals surface area (Å²) in [5.41, 5.74) is 1.77. The summed E-state index contributed by atoms with van der Waals surface area (Å²) in [5, 5.41) is 0. The molecule has 6 nitrogen and oxygen atoms in total. The molecule has 1 fully saturated rings. The molecule has 0 aromatic heterocycles. The predicted molar refractivity (Wildman–Crippen MR) is 115 cm³/mol. The van der Waals surface area contributed by atoms with Gasteiger partial charge < -0.3 is 9.80 Å². The molecule has 0 unspecified atom stereocenters. The molecule has 0 saturated heterocycles. The van der Waals surface area contributed by atoms with Crippen molar-refractivity contribution in [1.29, 1.82) is 0 Å². The molecule has 1 aliphatic heterocycles. The fourth-order valence-electron chi connectivity index (χ4n) is 3.76. The molecule has 156 valence electrons. The molecule has 8 heteroatoms. The summed E-state index contributed by atoms with van der Waals surface area (Å²) in [7, 11) is -3.65. The number of fused-ring (bicyclic) bond motifs is 1. The van der Waals surface area contributed by atoms with Crippen LogP contribution in [0.1, 0.15) is 45.1 Å². The number of hydrogen-bond acceptors (Lipinski definition) is 4. The van der Waals surface area contributed by atoms with Crippen molar-refractivity contribution >= 4 is 37.5 Å². The van der Waals surface area contributed by atoms with Crippen LogP contribution in [-0.4, -0.2) is 51.9 Å². The summed E-state index contributed by atoms with van der Waals surface area (Å²) in [4.78, 5) is 16.8. The Morgan fingerprint density at radius 2 is 1.89 bits per heavy atom. The van der Waals surface area contributed by atoms with E-state index in [4.69, 9.17) is 0 Å². The minimum Gasteiger partial charge on any atom is -0.312 e. The lowest BCUT2D eigenvalue weighted by Gasteiger charge is -2.21. The lowest BCUT2D eigenvalue weighted by Crippen LogP contribution is -2.36. The Balaban J connectivity index is 1.73. The third kappa shape index (κ3) is 4.96. The SMILES string of the molecule is CCCN(CCC)CCNS(=O)(=O)c1cc2c(cc1Br)CCN2C(=O)C1CC1. The normalized spacial score (nSPS) is 16.6. The number of benzene rings is 1. The quantitative estimate of drug-likeness (QED) is 0.568. The van der Waals surface area contributed by atoms with Gasteiger partial charge in [0.25, 0.3) is 0 Å². The van der Waals surface area contributed by atoms with Crippen LogP contribution >= 0.6 is 15.9 Å². The lowest BCUT2D eigenvalue weighted by molar-refractivity contribution is -0.119. The third-order valence-electron chi connectivity index (χ3n) is 5.31. The first kappa shape index (κ1) is 21.7. The summed E-state index contributed by atoms with van der Waals surface area (Å²) >= 11 is 3.42. The van der Waals surface area contributed by atoms with E-state index in [2.05, 4.69) is 39.4 Å². The molecule has 2 aliphatic rings. The first-order valence-electron chi connectivity index (χ1n) is 10.2. The smallest absolute Gasteiger partial charge is 0.241 e. The Morgan fingerprint density at radius 3 is 2.50 bits per heavy atom. The fraction of sp³-hybridized carbons (Fsp3) is 0.650. The molecule has 0 bridgehead atoms. The second kappa shape index (κ2) is 9.24. The minimum absolute atomic E-state index is 0.121. The molecule has 1 aromatic carbocycles. The van der Waals surface area contributed by atoms with Crippen molar-refractivity contribution in [1.82, 2.24) is 9.62 Å². The van der Waals surface area contributed by atoms with E-state index in [0.29, 0.717) is 24.1 Å². The van der Waals surface area contributed by atoms with Crippen molar-refractivity contribution in [2.75, 3.05) is 37.6 Å². The highest BCUT2D eigenvalue weighted by molar-refractivity contribution is 9.10. The molecule has 0 spiro atoms. The van der Waals surface area contributed by atoms with E-state index < -0.39 is 10.0 Å². The highest BCUT2D eigenvalue weighted by atomic mass is 79.9. The summed E-state index contributed by atoms with van der Waals surface area (Å²) in [6.07, 6.45) is 4.75. The van der Waals surface area contributed by atoms with Crippen molar-refractivity contribution in [3.8, 4) is 0 Å². The molecule has 3 rings (SSSR count). The molecule has 1 saturated carbocycles. The zero-order chi connectivity index (χ0) is 20.3. The van der Waals surface area contributed by atoms with Crippen molar-refractivity contribution in [2.24, 2.45) is 5.92 Å². The van der Waals surface area contributed by atoms with Gasteiger partial charge in [-0.15, -0.1) is 0 Å². The molecule has 1 heterocycles. The van der Waals surface area contributed by atoms with Crippen molar-refractivity contribution in [3.63, 3.8) is 0 Å². The number of carbonyl (C=O) groups is 1. The standard InChI is InChI=1S/C20H30BrN3O3S/c1-3-9-23(10-4-2)12-8-22-28(26,27)19-14-18-16(13-17(19)21)7-11-24(18)20(25)15-5-6-15/h13-15,22H,3-12H2,1-2H3. The van der Waals surface area contributed by atoms with Crippen LogP contribution in [0, 0.1) is 5.92 Å². The van der Waals surface area contributed by atoms with Gasteiger partial charge in [-0.2, -0.15) is 0 Å². The summed E-state index contributed by atoms with van der Waals surface area (Å²) in [5.74, 6) is 0.253. The van der Waals surface area contributed by atoms with Crippen LogP contribution < -0.4 is 9.62 Å². The van der Waals surface area contributed by atoms with Gasteiger partial charge in [-0.25, -0.2) is 13.1 Å². The molecule has 28 heavy (non-hydrogen) atoms. The molecule has 0 atom stereocenters. The van der Waals surface area contributed by atoms with Crippen LogP contribution in [0.3, 0.4) is 0 Å². The van der Waals surface area contributed by atoms with E-state index in [0.717, 1.165) is 56.4 Å². The summed E-state index contributed by atoms with van der Waals surface area (Å²) in [6, 6.07) is 3.51. The van der Waals surface area contributed by atoms with E-state index in [-0.39, 0.29) is 16.7 Å². The van der Waals surface area contributed by atoms with E-state index in [1.807, 2.05) is 6.07 Å². The van der Waals surface area contributed by atoms with Gasteiger partial charge in [0.15, 0.2) is 0 Å². The molecule has 1 aromatic rings. The average molecular weight is 472 g/mol. The number of anilines is 1. The highest BCUT2D eigenvalue weighted by Gasteiger charge is 2.37. The Bertz CT molecular complexity index is 818. The predicted octanol–water partition coefficient (Wildman–Crippen LogP) is 3.15. The number of carbonyl (C=O) groups excluding carboxylic acids is 1. The maximum absolute atomic E-state index is 12.9. The number of amides is 1. The van der Waals surface area contributed by atoms with Crippen molar-refractivity contribution in [2.45, 2.75) is 50.8 Å². The minimum atomic E-state index is -3.65. The van der Waals surface area contributed by atoms with Crippen LogP contribution in [0.15, 0.2) is 21.5 Å². The van der Waals surface area contributed by atoms with E-state index in [9.17, 15) is 13.2 Å². The zero-order valence-electron chi connectivity index (χ0n) is 16.7. The van der Waals surface area contributed by atoms with Gasteiger partial charge in [-0.05, 0) is 78.8 Å². The number of nitrogens with zero attached hydrogens (tertiary/aromatic N) is 2. The average Bonchev–Trinajstić information content (AvgIpc) is 3.41. The first-order chi connectivity index (χ1) is 13.4. The second-order valence-corrected chi connectivity index (χ2v) is 10.3. The number of hydrogen-bond donors (Lipinski definition) is 1. The fourth-order valence-corrected chi connectivity index (χ4v) is 5.89. The number of halogens is 1. The molecule has 1 aliphatic carbocycles. The molecular formula is C20H30BrN3O3S. The van der Waals surface area contributed by atoms with Gasteiger partial charge in [0.2, 0.25) is 15.9 Å². The summed E-state index contributed by atoms with van der Waals surface area (Å²) < 4.78 is 29.1. The first-order valence-corrected chi connectivity index (χ1v) is 12.5. The Labute approximate surface area is 176 Å². The van der Waals surface area contributed by atoms with E-state index in [1.165, 1.54) is 0 Å². The van der Waals surface area contributed by atoms with Crippen LogP contribution in [-0.2, 0) is 21.2 Å². The van der Waals surface area contributed by atoms with Gasteiger partial charge in [0.1, 0.15) is 0 Å². The number of sulfonamides is 1. The second-order valence-electron chi connectivity index (χ2n) is 7.66. The Kier molecular flexibility index (Phi) is 7.17. The van der Waals surface area contributed by atoms with Gasteiger partial charge >= 0.3 is 0 Å². The molecule has 1 amide bonds. The Hall–Kier alpha value is -0.960. The molecular weight excluding hydrogens is 442 g/mol. The van der Waals surface area contributed by atoms with Crippen molar-refractivity contribution < 1.29 is 13.2 Å². The highest BCUT2D eigenvalue weighted by Crippen LogP contribution is 2.39. The van der Waals surface area contributed by atoms with Crippen molar-refractivity contribution in [3.05, 3.63) is 22.2 Å². The number of rotatable bonds is 10. The van der Waals surface area contributed by atoms with Gasteiger partial charge in [0, 0.05) is 35.7 Å². The topological polar surface area (TPSA) is 69.7 Å². The van der Waals surface area contributed by atoms with Crippen LogP contribution in [0.4, 0.5) is 5.69 Å². The van der Waals surface area contributed by atoms with Gasteiger partial charge in [0.05, 0.1) is 4.90 Å². The van der Waals surface area contributed by atoms with Gasteiger partial charge in [-0.1, -0.05) is 13.8 Å². The molecule has 0 radical (unpaired) electrons. The largest absolute Gasteiger partial charge is 0.312 e. The number of nitrogens with one attached hydrogen (secondary N) is 1. The van der Waals surface area contributed by atoms with Crippen LogP contribution in [0.5, 0.6) is 0 Å². The Morgan fingerprint density at radius 1 is 1.21 bits per heavy atom. The van der Waals surface area contributed by atoms with E-state index in [1.54, 1.807) is 11.0 Å². The van der Waals surface area contributed by atoms with Crippen LogP contribution in [0.2, 0.25) is 0 Å². The maximum atomic E-state index is 12.9. The van der Waals surface area contributed by atoms with E-state index >= 15 is 0 Å². The lowest BCUT2D eigenvalue weighted by atomic mass is 10.2.